The number of hydrogen-bond acceptors (Lipinski definition) is 1. The van der Waals surface area contributed by atoms with E-state index >= 15 is 0 Å². The molecule has 3 heteroatoms. The Hall–Kier alpha value is -0.830. The van der Waals surface area contributed by atoms with E-state index in [0.29, 0.717) is 5.92 Å². The summed E-state index contributed by atoms with van der Waals surface area (Å²) in [4.78, 5) is 14.4. The normalized spacial score (nSPS) is 19.9. The number of hydrogen-bond donors (Lipinski definition) is 0. The van der Waals surface area contributed by atoms with Gasteiger partial charge in [-0.15, -0.1) is 0 Å². The molecule has 1 amide bonds. The van der Waals surface area contributed by atoms with E-state index in [1.54, 1.807) is 0 Å². The number of piperidine rings is 1. The molecule has 0 aromatic heterocycles. The third-order valence-corrected chi connectivity index (χ3v) is 4.68. The number of aryl methyl sites for hydroxylation is 1. The van der Waals surface area contributed by atoms with Crippen molar-refractivity contribution in [1.29, 1.82) is 0 Å². The Kier molecular flexibility index (Phi) is 4.44. The summed E-state index contributed by atoms with van der Waals surface area (Å²) in [6.07, 6.45) is 3.57. The zero-order valence-corrected chi connectivity index (χ0v) is 12.7. The molecule has 0 spiro atoms. The lowest BCUT2D eigenvalue weighted by molar-refractivity contribution is 0.0671. The molecular weight excluding hydrogens is 290 g/mol. The Labute approximate surface area is 117 Å². The minimum absolute atomic E-state index is 0.184. The van der Waals surface area contributed by atoms with Crippen LogP contribution in [0.1, 0.15) is 42.1 Å². The van der Waals surface area contributed by atoms with E-state index in [9.17, 15) is 4.79 Å². The molecule has 1 heterocycles. The summed E-state index contributed by atoms with van der Waals surface area (Å²) in [5, 5.41) is 0. The maximum Gasteiger partial charge on any atom is 0.253 e. The summed E-state index contributed by atoms with van der Waals surface area (Å²) in [7, 11) is 0. The van der Waals surface area contributed by atoms with Crippen molar-refractivity contribution in [2.24, 2.45) is 5.92 Å². The van der Waals surface area contributed by atoms with Crippen molar-refractivity contribution >= 4 is 21.8 Å². The number of likely N-dealkylation sites (tertiary alicyclic amines) is 1. The van der Waals surface area contributed by atoms with Crippen molar-refractivity contribution in [1.82, 2.24) is 4.90 Å². The number of benzene rings is 1. The summed E-state index contributed by atoms with van der Waals surface area (Å²) < 4.78 is 1.06. The van der Waals surface area contributed by atoms with Gasteiger partial charge in [0.05, 0.1) is 0 Å². The Bertz CT molecular complexity index is 444. The fourth-order valence-corrected chi connectivity index (χ4v) is 2.79. The Morgan fingerprint density at radius 2 is 2.28 bits per heavy atom. The molecule has 1 atom stereocenters. The van der Waals surface area contributed by atoms with Gasteiger partial charge >= 0.3 is 0 Å². The zero-order valence-electron chi connectivity index (χ0n) is 11.1. The fourth-order valence-electron chi connectivity index (χ4n) is 2.54. The van der Waals surface area contributed by atoms with E-state index in [-0.39, 0.29) is 5.91 Å². The standard InChI is InChI=1S/C15H20BrNO/c1-3-12-5-4-8-17(10-12)15(18)13-6-7-14(16)11(2)9-13/h6-7,9,12H,3-5,8,10H2,1-2H3. The molecule has 18 heavy (non-hydrogen) atoms. The molecule has 98 valence electrons. The zero-order chi connectivity index (χ0) is 13.1. The van der Waals surface area contributed by atoms with Gasteiger partial charge in [0.15, 0.2) is 0 Å². The van der Waals surface area contributed by atoms with Crippen LogP contribution >= 0.6 is 15.9 Å². The van der Waals surface area contributed by atoms with Crippen LogP contribution < -0.4 is 0 Å². The van der Waals surface area contributed by atoms with Crippen molar-refractivity contribution in [2.45, 2.75) is 33.1 Å². The smallest absolute Gasteiger partial charge is 0.253 e. The largest absolute Gasteiger partial charge is 0.338 e. The average Bonchev–Trinajstić information content (AvgIpc) is 2.41. The van der Waals surface area contributed by atoms with Crippen LogP contribution in [-0.2, 0) is 0 Å². The van der Waals surface area contributed by atoms with Crippen LogP contribution in [0, 0.1) is 12.8 Å². The second-order valence-electron chi connectivity index (χ2n) is 5.13. The van der Waals surface area contributed by atoms with Crippen LogP contribution in [0.25, 0.3) is 0 Å². The molecule has 0 saturated carbocycles. The van der Waals surface area contributed by atoms with Gasteiger partial charge in [0.2, 0.25) is 0 Å². The van der Waals surface area contributed by atoms with Crippen molar-refractivity contribution in [3.8, 4) is 0 Å². The summed E-state index contributed by atoms with van der Waals surface area (Å²) in [6, 6.07) is 5.85. The minimum Gasteiger partial charge on any atom is -0.338 e. The van der Waals surface area contributed by atoms with E-state index in [4.69, 9.17) is 0 Å². The van der Waals surface area contributed by atoms with Gasteiger partial charge in [-0.2, -0.15) is 0 Å². The lowest BCUT2D eigenvalue weighted by Crippen LogP contribution is -2.39. The molecule has 0 bridgehead atoms. The van der Waals surface area contributed by atoms with Crippen LogP contribution in [0.2, 0.25) is 0 Å². The van der Waals surface area contributed by atoms with E-state index in [2.05, 4.69) is 22.9 Å². The van der Waals surface area contributed by atoms with Crippen LogP contribution in [0.4, 0.5) is 0 Å². The number of carbonyl (C=O) groups excluding carboxylic acids is 1. The van der Waals surface area contributed by atoms with Gasteiger partial charge in [-0.25, -0.2) is 0 Å². The van der Waals surface area contributed by atoms with Gasteiger partial charge in [0.25, 0.3) is 5.91 Å². The summed E-state index contributed by atoms with van der Waals surface area (Å²) in [5.74, 6) is 0.864. The van der Waals surface area contributed by atoms with Crippen molar-refractivity contribution in [2.75, 3.05) is 13.1 Å². The van der Waals surface area contributed by atoms with E-state index in [1.165, 1.54) is 12.8 Å². The first-order valence-corrected chi connectivity index (χ1v) is 7.46. The molecule has 1 saturated heterocycles. The lowest BCUT2D eigenvalue weighted by Gasteiger charge is -2.32. The Morgan fingerprint density at radius 3 is 2.94 bits per heavy atom. The fraction of sp³-hybridized carbons (Fsp3) is 0.533. The van der Waals surface area contributed by atoms with Crippen LogP contribution in [0.3, 0.4) is 0 Å². The molecule has 0 N–H and O–H groups in total. The molecule has 1 fully saturated rings. The molecule has 0 radical (unpaired) electrons. The molecule has 1 aliphatic rings. The molecule has 1 aliphatic heterocycles. The number of carbonyl (C=O) groups is 1. The third-order valence-electron chi connectivity index (χ3n) is 3.79. The molecule has 0 aliphatic carbocycles. The van der Waals surface area contributed by atoms with Gasteiger partial charge in [-0.3, -0.25) is 4.79 Å². The van der Waals surface area contributed by atoms with Crippen molar-refractivity contribution in [3.63, 3.8) is 0 Å². The van der Waals surface area contributed by atoms with Crippen molar-refractivity contribution < 1.29 is 4.79 Å². The van der Waals surface area contributed by atoms with E-state index in [0.717, 1.165) is 35.1 Å². The molecule has 2 nitrogen and oxygen atoms in total. The van der Waals surface area contributed by atoms with Gasteiger partial charge in [0, 0.05) is 23.1 Å². The number of halogens is 1. The molecule has 1 unspecified atom stereocenters. The van der Waals surface area contributed by atoms with Gasteiger partial charge in [-0.05, 0) is 49.4 Å². The number of rotatable bonds is 2. The van der Waals surface area contributed by atoms with Crippen LogP contribution in [-0.4, -0.2) is 23.9 Å². The highest BCUT2D eigenvalue weighted by Crippen LogP contribution is 2.22. The molecule has 2 rings (SSSR count). The Morgan fingerprint density at radius 1 is 1.50 bits per heavy atom. The summed E-state index contributed by atoms with van der Waals surface area (Å²) in [6.45, 7) is 6.06. The highest BCUT2D eigenvalue weighted by atomic mass is 79.9. The first kappa shape index (κ1) is 13.6. The van der Waals surface area contributed by atoms with Crippen LogP contribution in [0.5, 0.6) is 0 Å². The molecule has 1 aromatic carbocycles. The Balaban J connectivity index is 2.12. The summed E-state index contributed by atoms with van der Waals surface area (Å²) in [5.41, 5.74) is 1.93. The highest BCUT2D eigenvalue weighted by Gasteiger charge is 2.23. The lowest BCUT2D eigenvalue weighted by atomic mass is 9.95. The highest BCUT2D eigenvalue weighted by molar-refractivity contribution is 9.10. The van der Waals surface area contributed by atoms with E-state index in [1.807, 2.05) is 30.0 Å². The maximum absolute atomic E-state index is 12.4. The maximum atomic E-state index is 12.4. The average molecular weight is 310 g/mol. The van der Waals surface area contributed by atoms with Gasteiger partial charge in [0.1, 0.15) is 0 Å². The predicted molar refractivity (Wildman–Crippen MR) is 77.8 cm³/mol. The predicted octanol–water partition coefficient (Wildman–Crippen LogP) is 4.02. The van der Waals surface area contributed by atoms with E-state index < -0.39 is 0 Å². The third kappa shape index (κ3) is 2.94. The SMILES string of the molecule is CCC1CCCN(C(=O)c2ccc(Br)c(C)c2)C1. The monoisotopic (exact) mass is 309 g/mol. The second-order valence-corrected chi connectivity index (χ2v) is 5.99. The molecule has 1 aromatic rings. The van der Waals surface area contributed by atoms with Crippen LogP contribution in [0.15, 0.2) is 22.7 Å². The first-order valence-electron chi connectivity index (χ1n) is 6.67. The number of amides is 1. The first-order chi connectivity index (χ1) is 8.61. The molecular formula is C15H20BrNO. The van der Waals surface area contributed by atoms with Gasteiger partial charge in [-0.1, -0.05) is 29.3 Å². The summed E-state index contributed by atoms with van der Waals surface area (Å²) >= 11 is 3.47. The van der Waals surface area contributed by atoms with Gasteiger partial charge < -0.3 is 4.90 Å². The van der Waals surface area contributed by atoms with Crippen molar-refractivity contribution in [3.05, 3.63) is 33.8 Å². The topological polar surface area (TPSA) is 20.3 Å². The minimum atomic E-state index is 0.184. The number of nitrogens with zero attached hydrogens (tertiary/aromatic N) is 1. The quantitative estimate of drug-likeness (QED) is 0.808. The second kappa shape index (κ2) is 5.87.